The molecule has 31 heavy (non-hydrogen) atoms. The molecule has 5 rings (SSSR count). The van der Waals surface area contributed by atoms with Gasteiger partial charge in [0.15, 0.2) is 0 Å². The van der Waals surface area contributed by atoms with Gasteiger partial charge >= 0.3 is 0 Å². The number of amides is 1. The maximum atomic E-state index is 13.1. The van der Waals surface area contributed by atoms with Crippen LogP contribution in [0.2, 0.25) is 10.0 Å². The van der Waals surface area contributed by atoms with Gasteiger partial charge in [-0.2, -0.15) is 0 Å². The summed E-state index contributed by atoms with van der Waals surface area (Å²) in [4.78, 5) is 21.7. The Hall–Kier alpha value is -3.02. The third-order valence-electron chi connectivity index (χ3n) is 5.67. The Bertz CT molecular complexity index is 1250. The predicted molar refractivity (Wildman–Crippen MR) is 126 cm³/mol. The molecule has 1 aliphatic rings. The second-order valence-corrected chi connectivity index (χ2v) is 8.29. The Morgan fingerprint density at radius 1 is 0.871 bits per heavy atom. The van der Waals surface area contributed by atoms with Gasteiger partial charge in [0.2, 0.25) is 0 Å². The summed E-state index contributed by atoms with van der Waals surface area (Å²) in [5.74, 6) is 0.0213. The van der Waals surface area contributed by atoms with Crippen molar-refractivity contribution in [2.24, 2.45) is 0 Å². The minimum absolute atomic E-state index is 0.0213. The lowest BCUT2D eigenvalue weighted by atomic mass is 10.1. The summed E-state index contributed by atoms with van der Waals surface area (Å²) in [6.07, 6.45) is 1.79. The number of rotatable bonds is 3. The SMILES string of the molecule is O=C(c1ccc2c(c1)ncn2-c1ccccc1)N1CCN(c2cccc(Cl)c2Cl)CC1. The Morgan fingerprint density at radius 2 is 1.65 bits per heavy atom. The van der Waals surface area contributed by atoms with Crippen LogP contribution in [0.1, 0.15) is 10.4 Å². The molecule has 7 heteroatoms. The zero-order valence-electron chi connectivity index (χ0n) is 16.7. The molecule has 1 saturated heterocycles. The van der Waals surface area contributed by atoms with E-state index in [9.17, 15) is 4.79 Å². The lowest BCUT2D eigenvalue weighted by molar-refractivity contribution is 0.0747. The number of piperazine rings is 1. The first-order valence-electron chi connectivity index (χ1n) is 10.1. The molecule has 4 aromatic rings. The van der Waals surface area contributed by atoms with Crippen LogP contribution in [0.5, 0.6) is 0 Å². The Balaban J connectivity index is 1.32. The highest BCUT2D eigenvalue weighted by molar-refractivity contribution is 6.43. The van der Waals surface area contributed by atoms with Crippen LogP contribution in [0.3, 0.4) is 0 Å². The van der Waals surface area contributed by atoms with E-state index in [0.717, 1.165) is 22.4 Å². The van der Waals surface area contributed by atoms with Crippen LogP contribution >= 0.6 is 23.2 Å². The number of carbonyl (C=O) groups is 1. The minimum atomic E-state index is 0.0213. The molecule has 3 aromatic carbocycles. The van der Waals surface area contributed by atoms with Crippen LogP contribution in [0.25, 0.3) is 16.7 Å². The van der Waals surface area contributed by atoms with E-state index in [1.165, 1.54) is 0 Å². The fourth-order valence-corrected chi connectivity index (χ4v) is 4.42. The second-order valence-electron chi connectivity index (χ2n) is 7.51. The molecule has 156 valence electrons. The quantitative estimate of drug-likeness (QED) is 0.425. The van der Waals surface area contributed by atoms with Gasteiger partial charge in [0, 0.05) is 37.4 Å². The van der Waals surface area contributed by atoms with E-state index in [0.29, 0.717) is 41.8 Å². The van der Waals surface area contributed by atoms with Crippen LogP contribution < -0.4 is 4.90 Å². The van der Waals surface area contributed by atoms with Gasteiger partial charge in [-0.3, -0.25) is 9.36 Å². The van der Waals surface area contributed by atoms with Crippen molar-refractivity contribution in [2.45, 2.75) is 0 Å². The minimum Gasteiger partial charge on any atom is -0.367 e. The Labute approximate surface area is 190 Å². The summed E-state index contributed by atoms with van der Waals surface area (Å²) in [5.41, 5.74) is 4.39. The molecule has 1 aliphatic heterocycles. The summed E-state index contributed by atoms with van der Waals surface area (Å²) in [7, 11) is 0. The van der Waals surface area contributed by atoms with Crippen LogP contribution in [0.4, 0.5) is 5.69 Å². The number of halogens is 2. The molecule has 1 amide bonds. The lowest BCUT2D eigenvalue weighted by Gasteiger charge is -2.36. The molecule has 2 heterocycles. The number of para-hydroxylation sites is 1. The van der Waals surface area contributed by atoms with Crippen molar-refractivity contribution in [2.75, 3.05) is 31.1 Å². The van der Waals surface area contributed by atoms with E-state index in [4.69, 9.17) is 23.2 Å². The van der Waals surface area contributed by atoms with Crippen molar-refractivity contribution in [3.63, 3.8) is 0 Å². The van der Waals surface area contributed by atoms with E-state index in [1.807, 2.05) is 70.1 Å². The van der Waals surface area contributed by atoms with Crippen molar-refractivity contribution in [1.82, 2.24) is 14.5 Å². The monoisotopic (exact) mass is 450 g/mol. The van der Waals surface area contributed by atoms with Crippen LogP contribution in [0.15, 0.2) is 73.1 Å². The normalized spacial score (nSPS) is 14.3. The van der Waals surface area contributed by atoms with Crippen LogP contribution in [0, 0.1) is 0 Å². The molecular formula is C24H20Cl2N4O. The fraction of sp³-hybridized carbons (Fsp3) is 0.167. The van der Waals surface area contributed by atoms with Crippen molar-refractivity contribution < 1.29 is 4.79 Å². The van der Waals surface area contributed by atoms with Gasteiger partial charge in [-0.15, -0.1) is 0 Å². The van der Waals surface area contributed by atoms with Gasteiger partial charge < -0.3 is 9.80 Å². The Kier molecular flexibility index (Phi) is 5.30. The highest BCUT2D eigenvalue weighted by Crippen LogP contribution is 2.33. The summed E-state index contributed by atoms with van der Waals surface area (Å²) in [6.45, 7) is 2.66. The number of nitrogens with zero attached hydrogens (tertiary/aromatic N) is 4. The standard InChI is InChI=1S/C24H20Cl2N4O/c25-19-7-4-8-22(23(19)26)28-11-13-29(14-12-28)24(31)17-9-10-21-20(15-17)27-16-30(21)18-5-2-1-3-6-18/h1-10,15-16H,11-14H2. The molecule has 1 aromatic heterocycles. The van der Waals surface area contributed by atoms with Crippen molar-refractivity contribution in [1.29, 1.82) is 0 Å². The first-order valence-corrected chi connectivity index (χ1v) is 10.9. The molecule has 0 atom stereocenters. The van der Waals surface area contributed by atoms with Crippen LogP contribution in [-0.2, 0) is 0 Å². The summed E-state index contributed by atoms with van der Waals surface area (Å²) in [5, 5.41) is 1.10. The molecule has 0 N–H and O–H groups in total. The van der Waals surface area contributed by atoms with Crippen molar-refractivity contribution >= 4 is 45.8 Å². The maximum absolute atomic E-state index is 13.1. The third-order valence-corrected chi connectivity index (χ3v) is 6.48. The lowest BCUT2D eigenvalue weighted by Crippen LogP contribution is -2.48. The van der Waals surface area contributed by atoms with E-state index in [-0.39, 0.29) is 5.91 Å². The largest absolute Gasteiger partial charge is 0.367 e. The van der Waals surface area contributed by atoms with Gasteiger partial charge in [0.1, 0.15) is 6.33 Å². The average molecular weight is 451 g/mol. The number of carbonyl (C=O) groups excluding carboxylic acids is 1. The number of imidazole rings is 1. The maximum Gasteiger partial charge on any atom is 0.254 e. The predicted octanol–water partition coefficient (Wildman–Crippen LogP) is 5.29. The molecule has 5 nitrogen and oxygen atoms in total. The van der Waals surface area contributed by atoms with Gasteiger partial charge in [0.05, 0.1) is 26.8 Å². The Morgan fingerprint density at radius 3 is 2.42 bits per heavy atom. The molecular weight excluding hydrogens is 431 g/mol. The first-order chi connectivity index (χ1) is 15.1. The second kappa shape index (κ2) is 8.25. The zero-order valence-corrected chi connectivity index (χ0v) is 18.2. The molecule has 0 spiro atoms. The zero-order chi connectivity index (χ0) is 21.4. The third kappa shape index (κ3) is 3.75. The van der Waals surface area contributed by atoms with Gasteiger partial charge in [-0.1, -0.05) is 47.5 Å². The molecule has 0 saturated carbocycles. The van der Waals surface area contributed by atoms with E-state index >= 15 is 0 Å². The molecule has 0 radical (unpaired) electrons. The van der Waals surface area contributed by atoms with E-state index < -0.39 is 0 Å². The average Bonchev–Trinajstić information content (AvgIpc) is 3.24. The number of fused-ring (bicyclic) bond motifs is 1. The fourth-order valence-electron chi connectivity index (χ4n) is 4.01. The summed E-state index contributed by atoms with van der Waals surface area (Å²) >= 11 is 12.5. The van der Waals surface area contributed by atoms with Gasteiger partial charge in [0.25, 0.3) is 5.91 Å². The van der Waals surface area contributed by atoms with Crippen molar-refractivity contribution in [3.8, 4) is 5.69 Å². The number of aromatic nitrogens is 2. The summed E-state index contributed by atoms with van der Waals surface area (Å²) in [6, 6.07) is 21.4. The highest BCUT2D eigenvalue weighted by atomic mass is 35.5. The highest BCUT2D eigenvalue weighted by Gasteiger charge is 2.24. The molecule has 0 aliphatic carbocycles. The van der Waals surface area contributed by atoms with Crippen LogP contribution in [-0.4, -0.2) is 46.5 Å². The number of hydrogen-bond acceptors (Lipinski definition) is 3. The van der Waals surface area contributed by atoms with Gasteiger partial charge in [-0.25, -0.2) is 4.98 Å². The first kappa shape index (κ1) is 19.9. The van der Waals surface area contributed by atoms with Crippen molar-refractivity contribution in [3.05, 3.63) is 88.7 Å². The summed E-state index contributed by atoms with van der Waals surface area (Å²) < 4.78 is 2.02. The number of benzene rings is 3. The molecule has 0 unspecified atom stereocenters. The van der Waals surface area contributed by atoms with E-state index in [1.54, 1.807) is 12.4 Å². The van der Waals surface area contributed by atoms with E-state index in [2.05, 4.69) is 9.88 Å². The number of hydrogen-bond donors (Lipinski definition) is 0. The topological polar surface area (TPSA) is 41.4 Å². The molecule has 0 bridgehead atoms. The smallest absolute Gasteiger partial charge is 0.254 e. The van der Waals surface area contributed by atoms with Gasteiger partial charge in [-0.05, 0) is 42.5 Å². The number of anilines is 1. The molecule has 1 fully saturated rings.